The second kappa shape index (κ2) is 4.53. The van der Waals surface area contributed by atoms with Crippen molar-refractivity contribution in [2.24, 2.45) is 5.41 Å². The van der Waals surface area contributed by atoms with E-state index >= 15 is 0 Å². The molecule has 19 heavy (non-hydrogen) atoms. The summed E-state index contributed by atoms with van der Waals surface area (Å²) in [6.45, 7) is 3.12. The summed E-state index contributed by atoms with van der Waals surface area (Å²) < 4.78 is 5.06. The highest BCUT2D eigenvalue weighted by molar-refractivity contribution is 6.09. The zero-order valence-electron chi connectivity index (χ0n) is 10.8. The second-order valence-corrected chi connectivity index (χ2v) is 4.94. The minimum atomic E-state index is -1.13. The zero-order valence-corrected chi connectivity index (χ0v) is 10.8. The van der Waals surface area contributed by atoms with Gasteiger partial charge in [0.25, 0.3) is 5.91 Å². The molecule has 1 aromatic heterocycles. The third-order valence-corrected chi connectivity index (χ3v) is 3.64. The number of carbonyl (C=O) groups is 3. The Bertz CT molecular complexity index is 547. The van der Waals surface area contributed by atoms with Gasteiger partial charge in [-0.2, -0.15) is 0 Å². The van der Waals surface area contributed by atoms with Crippen LogP contribution in [0.25, 0.3) is 0 Å². The number of carbonyl (C=O) groups excluding carboxylic acids is 2. The number of aliphatic carboxylic acids is 1. The number of carboxylic acids is 1. The molecule has 1 atom stereocenters. The van der Waals surface area contributed by atoms with Gasteiger partial charge in [0.05, 0.1) is 23.7 Å². The SMILES string of the molecule is CCC(C)(CN1C(=O)Cc2occc2C1=O)C(=O)O. The Morgan fingerprint density at radius 3 is 2.79 bits per heavy atom. The van der Waals surface area contributed by atoms with Crippen LogP contribution < -0.4 is 0 Å². The third-order valence-electron chi connectivity index (χ3n) is 3.64. The van der Waals surface area contributed by atoms with Crippen LogP contribution in [0, 0.1) is 5.41 Å². The Kier molecular flexibility index (Phi) is 3.18. The molecule has 102 valence electrons. The van der Waals surface area contributed by atoms with E-state index in [1.807, 2.05) is 0 Å². The molecule has 1 N–H and O–H groups in total. The highest BCUT2D eigenvalue weighted by Crippen LogP contribution is 2.27. The van der Waals surface area contributed by atoms with Gasteiger partial charge in [-0.15, -0.1) is 0 Å². The number of furan rings is 1. The number of fused-ring (bicyclic) bond motifs is 1. The van der Waals surface area contributed by atoms with Crippen molar-refractivity contribution in [2.45, 2.75) is 26.7 Å². The van der Waals surface area contributed by atoms with E-state index in [1.54, 1.807) is 6.92 Å². The van der Waals surface area contributed by atoms with E-state index in [4.69, 9.17) is 4.42 Å². The second-order valence-electron chi connectivity index (χ2n) is 4.94. The van der Waals surface area contributed by atoms with Crippen LogP contribution in [0.2, 0.25) is 0 Å². The Balaban J connectivity index is 2.29. The standard InChI is InChI=1S/C13H15NO5/c1-3-13(2,12(17)18)7-14-10(15)6-9-8(11(14)16)4-5-19-9/h4-5H,3,6-7H2,1-2H3,(H,17,18). The molecule has 0 aliphatic carbocycles. The zero-order chi connectivity index (χ0) is 14.2. The normalized spacial score (nSPS) is 18.1. The van der Waals surface area contributed by atoms with Crippen LogP contribution in [-0.4, -0.2) is 34.3 Å². The van der Waals surface area contributed by atoms with Crippen LogP contribution in [0.3, 0.4) is 0 Å². The fourth-order valence-electron chi connectivity index (χ4n) is 2.00. The van der Waals surface area contributed by atoms with E-state index in [0.29, 0.717) is 17.7 Å². The summed E-state index contributed by atoms with van der Waals surface area (Å²) in [6.07, 6.45) is 1.68. The van der Waals surface area contributed by atoms with Crippen molar-refractivity contribution in [3.63, 3.8) is 0 Å². The summed E-state index contributed by atoms with van der Waals surface area (Å²) in [5.41, 5.74) is -0.796. The van der Waals surface area contributed by atoms with Gasteiger partial charge in [-0.3, -0.25) is 19.3 Å². The summed E-state index contributed by atoms with van der Waals surface area (Å²) in [7, 11) is 0. The van der Waals surface area contributed by atoms with Gasteiger partial charge in [0.15, 0.2) is 0 Å². The van der Waals surface area contributed by atoms with Crippen molar-refractivity contribution in [3.8, 4) is 0 Å². The molecular weight excluding hydrogens is 250 g/mol. The lowest BCUT2D eigenvalue weighted by molar-refractivity contribution is -0.149. The Hall–Kier alpha value is -2.11. The number of imide groups is 1. The largest absolute Gasteiger partial charge is 0.481 e. The lowest BCUT2D eigenvalue weighted by atomic mass is 9.86. The van der Waals surface area contributed by atoms with Crippen molar-refractivity contribution >= 4 is 17.8 Å². The maximum atomic E-state index is 12.2. The maximum Gasteiger partial charge on any atom is 0.311 e. The van der Waals surface area contributed by atoms with Crippen molar-refractivity contribution in [1.82, 2.24) is 4.90 Å². The van der Waals surface area contributed by atoms with Crippen LogP contribution in [0.4, 0.5) is 0 Å². The molecule has 1 aliphatic heterocycles. The highest BCUT2D eigenvalue weighted by atomic mass is 16.4. The van der Waals surface area contributed by atoms with Crippen LogP contribution in [0.1, 0.15) is 36.4 Å². The van der Waals surface area contributed by atoms with E-state index in [0.717, 1.165) is 4.90 Å². The summed E-state index contributed by atoms with van der Waals surface area (Å²) in [4.78, 5) is 36.4. The quantitative estimate of drug-likeness (QED) is 0.829. The van der Waals surface area contributed by atoms with E-state index in [1.165, 1.54) is 19.3 Å². The lowest BCUT2D eigenvalue weighted by Gasteiger charge is -2.32. The first-order valence-electron chi connectivity index (χ1n) is 6.03. The van der Waals surface area contributed by atoms with E-state index in [2.05, 4.69) is 0 Å². The monoisotopic (exact) mass is 265 g/mol. The molecule has 0 radical (unpaired) electrons. The van der Waals surface area contributed by atoms with E-state index < -0.39 is 23.2 Å². The summed E-state index contributed by atoms with van der Waals surface area (Å²) in [6, 6.07) is 1.50. The molecule has 2 heterocycles. The summed E-state index contributed by atoms with van der Waals surface area (Å²) >= 11 is 0. The Labute approximate surface area is 110 Å². The molecule has 2 rings (SSSR count). The first-order chi connectivity index (χ1) is 8.89. The van der Waals surface area contributed by atoms with Crippen LogP contribution in [0.5, 0.6) is 0 Å². The van der Waals surface area contributed by atoms with Gasteiger partial charge in [-0.1, -0.05) is 6.92 Å². The molecule has 0 saturated heterocycles. The molecular formula is C13H15NO5. The predicted molar refractivity (Wildman–Crippen MR) is 64.5 cm³/mol. The number of carboxylic acid groups (broad SMARTS) is 1. The smallest absolute Gasteiger partial charge is 0.311 e. The van der Waals surface area contributed by atoms with Gasteiger partial charge in [0.2, 0.25) is 5.91 Å². The van der Waals surface area contributed by atoms with E-state index in [9.17, 15) is 19.5 Å². The molecule has 1 aromatic rings. The maximum absolute atomic E-state index is 12.2. The number of rotatable bonds is 4. The fraction of sp³-hybridized carbons (Fsp3) is 0.462. The van der Waals surface area contributed by atoms with E-state index in [-0.39, 0.29) is 13.0 Å². The molecule has 0 aromatic carbocycles. The summed E-state index contributed by atoms with van der Waals surface area (Å²) in [5, 5.41) is 9.22. The average Bonchev–Trinajstić information content (AvgIpc) is 2.82. The molecule has 6 heteroatoms. The first-order valence-corrected chi connectivity index (χ1v) is 6.03. The minimum Gasteiger partial charge on any atom is -0.481 e. The molecule has 0 bridgehead atoms. The molecule has 1 aliphatic rings. The lowest BCUT2D eigenvalue weighted by Crippen LogP contribution is -2.49. The van der Waals surface area contributed by atoms with Gasteiger partial charge >= 0.3 is 5.97 Å². The van der Waals surface area contributed by atoms with Gasteiger partial charge in [0.1, 0.15) is 5.76 Å². The molecule has 0 spiro atoms. The highest BCUT2D eigenvalue weighted by Gasteiger charge is 2.40. The van der Waals surface area contributed by atoms with Crippen molar-refractivity contribution < 1.29 is 23.9 Å². The van der Waals surface area contributed by atoms with Crippen LogP contribution in [-0.2, 0) is 16.0 Å². The number of hydrogen-bond donors (Lipinski definition) is 1. The predicted octanol–water partition coefficient (Wildman–Crippen LogP) is 1.31. The van der Waals surface area contributed by atoms with Gasteiger partial charge in [0, 0.05) is 6.54 Å². The third kappa shape index (κ3) is 2.14. The van der Waals surface area contributed by atoms with Crippen molar-refractivity contribution in [1.29, 1.82) is 0 Å². The molecule has 0 saturated carbocycles. The van der Waals surface area contributed by atoms with Crippen LogP contribution >= 0.6 is 0 Å². The number of nitrogens with zero attached hydrogens (tertiary/aromatic N) is 1. The summed E-state index contributed by atoms with van der Waals surface area (Å²) in [5.74, 6) is -1.58. The molecule has 1 unspecified atom stereocenters. The van der Waals surface area contributed by atoms with Crippen molar-refractivity contribution in [2.75, 3.05) is 6.54 Å². The Morgan fingerprint density at radius 1 is 1.53 bits per heavy atom. The molecule has 6 nitrogen and oxygen atoms in total. The molecule has 0 fully saturated rings. The van der Waals surface area contributed by atoms with Gasteiger partial charge in [-0.05, 0) is 19.4 Å². The topological polar surface area (TPSA) is 87.8 Å². The fourth-order valence-corrected chi connectivity index (χ4v) is 2.00. The minimum absolute atomic E-state index is 0.00646. The molecule has 2 amide bonds. The van der Waals surface area contributed by atoms with Crippen molar-refractivity contribution in [3.05, 3.63) is 23.7 Å². The van der Waals surface area contributed by atoms with Gasteiger partial charge in [-0.25, -0.2) is 0 Å². The average molecular weight is 265 g/mol. The Morgan fingerprint density at radius 2 is 2.21 bits per heavy atom. The first kappa shape index (κ1) is 13.3. The van der Waals surface area contributed by atoms with Gasteiger partial charge < -0.3 is 9.52 Å². The number of hydrogen-bond acceptors (Lipinski definition) is 4. The van der Waals surface area contributed by atoms with Crippen LogP contribution in [0.15, 0.2) is 16.7 Å². The number of amides is 2.